The van der Waals surface area contributed by atoms with Crippen LogP contribution in [0.4, 0.5) is 11.4 Å². The van der Waals surface area contributed by atoms with Crippen LogP contribution in [0.25, 0.3) is 0 Å². The van der Waals surface area contributed by atoms with Gasteiger partial charge in [-0.05, 0) is 88.1 Å². The standard InChI is InChI=1S/C20H28N4/c1-13-7-9-15(11-17(13)19(3,4)21)23-24-16-10-8-14(2)18(12-16)20(5,6)22/h7-12H,21-22H2,1-6H3. The highest BCUT2D eigenvalue weighted by molar-refractivity contribution is 5.49. The van der Waals surface area contributed by atoms with Gasteiger partial charge in [-0.2, -0.15) is 10.2 Å². The highest BCUT2D eigenvalue weighted by Crippen LogP contribution is 2.29. The van der Waals surface area contributed by atoms with Crippen molar-refractivity contribution in [3.05, 3.63) is 58.7 Å². The fourth-order valence-corrected chi connectivity index (χ4v) is 2.85. The topological polar surface area (TPSA) is 76.8 Å². The van der Waals surface area contributed by atoms with Crippen LogP contribution in [0.5, 0.6) is 0 Å². The first kappa shape index (κ1) is 18.3. The zero-order valence-electron chi connectivity index (χ0n) is 15.5. The van der Waals surface area contributed by atoms with Crippen molar-refractivity contribution in [3.63, 3.8) is 0 Å². The highest BCUT2D eigenvalue weighted by Gasteiger charge is 2.18. The van der Waals surface area contributed by atoms with E-state index in [0.717, 1.165) is 33.6 Å². The molecule has 0 fully saturated rings. The van der Waals surface area contributed by atoms with Crippen LogP contribution in [0.1, 0.15) is 49.9 Å². The summed E-state index contributed by atoms with van der Waals surface area (Å²) in [7, 11) is 0. The van der Waals surface area contributed by atoms with E-state index in [1.165, 1.54) is 0 Å². The van der Waals surface area contributed by atoms with Gasteiger partial charge in [-0.3, -0.25) is 0 Å². The predicted octanol–water partition coefficient (Wildman–Crippen LogP) is 5.11. The van der Waals surface area contributed by atoms with Gasteiger partial charge in [-0.15, -0.1) is 0 Å². The Bertz CT molecular complexity index is 697. The van der Waals surface area contributed by atoms with Crippen molar-refractivity contribution >= 4 is 11.4 Å². The molecule has 0 aliphatic rings. The molecular formula is C20H28N4. The minimum Gasteiger partial charge on any atom is -0.322 e. The normalized spacial score (nSPS) is 12.8. The molecule has 0 spiro atoms. The Labute approximate surface area is 145 Å². The summed E-state index contributed by atoms with van der Waals surface area (Å²) in [5.74, 6) is 0. The average Bonchev–Trinajstić information content (AvgIpc) is 2.45. The monoisotopic (exact) mass is 324 g/mol. The quantitative estimate of drug-likeness (QED) is 0.767. The minimum absolute atomic E-state index is 0.407. The van der Waals surface area contributed by atoms with Gasteiger partial charge >= 0.3 is 0 Å². The van der Waals surface area contributed by atoms with Crippen LogP contribution in [-0.4, -0.2) is 0 Å². The van der Waals surface area contributed by atoms with Crippen LogP contribution < -0.4 is 11.5 Å². The van der Waals surface area contributed by atoms with E-state index in [1.54, 1.807) is 0 Å². The first-order valence-electron chi connectivity index (χ1n) is 8.20. The zero-order valence-corrected chi connectivity index (χ0v) is 15.5. The van der Waals surface area contributed by atoms with E-state index < -0.39 is 11.1 Å². The van der Waals surface area contributed by atoms with E-state index >= 15 is 0 Å². The van der Waals surface area contributed by atoms with Crippen molar-refractivity contribution in [2.24, 2.45) is 21.7 Å². The molecule has 0 amide bonds. The molecule has 0 radical (unpaired) electrons. The summed E-state index contributed by atoms with van der Waals surface area (Å²) in [5, 5.41) is 8.75. The number of aryl methyl sites for hydroxylation is 2. The molecular weight excluding hydrogens is 296 g/mol. The first-order valence-corrected chi connectivity index (χ1v) is 8.20. The molecule has 0 heterocycles. The van der Waals surface area contributed by atoms with Gasteiger partial charge in [0.1, 0.15) is 0 Å². The molecule has 4 heteroatoms. The predicted molar refractivity (Wildman–Crippen MR) is 101 cm³/mol. The largest absolute Gasteiger partial charge is 0.322 e. The van der Waals surface area contributed by atoms with Crippen LogP contribution in [-0.2, 0) is 11.1 Å². The molecule has 4 N–H and O–H groups in total. The fraction of sp³-hybridized carbons (Fsp3) is 0.400. The van der Waals surface area contributed by atoms with Gasteiger partial charge in [-0.1, -0.05) is 12.1 Å². The summed E-state index contributed by atoms with van der Waals surface area (Å²) in [6.45, 7) is 12.1. The summed E-state index contributed by atoms with van der Waals surface area (Å²) >= 11 is 0. The van der Waals surface area contributed by atoms with Crippen molar-refractivity contribution in [1.82, 2.24) is 0 Å². The number of nitrogens with two attached hydrogens (primary N) is 2. The fourth-order valence-electron chi connectivity index (χ4n) is 2.85. The lowest BCUT2D eigenvalue weighted by Gasteiger charge is -2.22. The van der Waals surface area contributed by atoms with Crippen molar-refractivity contribution in [3.8, 4) is 0 Å². The molecule has 2 aromatic carbocycles. The third-order valence-electron chi connectivity index (χ3n) is 4.11. The molecule has 2 rings (SSSR count). The van der Waals surface area contributed by atoms with Gasteiger partial charge in [0.05, 0.1) is 11.4 Å². The number of rotatable bonds is 4. The average molecular weight is 324 g/mol. The third-order valence-corrected chi connectivity index (χ3v) is 4.11. The maximum atomic E-state index is 6.23. The molecule has 4 nitrogen and oxygen atoms in total. The van der Waals surface area contributed by atoms with Crippen LogP contribution in [0, 0.1) is 13.8 Å². The summed E-state index contributed by atoms with van der Waals surface area (Å²) < 4.78 is 0. The second-order valence-electron chi connectivity index (χ2n) is 7.64. The number of nitrogens with zero attached hydrogens (tertiary/aromatic N) is 2. The molecule has 0 atom stereocenters. The van der Waals surface area contributed by atoms with Gasteiger partial charge in [0.2, 0.25) is 0 Å². The summed E-state index contributed by atoms with van der Waals surface area (Å²) in [6, 6.07) is 12.0. The zero-order chi connectivity index (χ0) is 18.1. The molecule has 0 saturated carbocycles. The Balaban J connectivity index is 2.36. The van der Waals surface area contributed by atoms with Crippen molar-refractivity contribution in [2.75, 3.05) is 0 Å². The van der Waals surface area contributed by atoms with E-state index in [1.807, 2.05) is 64.1 Å². The Morgan fingerprint density at radius 3 is 1.29 bits per heavy atom. The maximum Gasteiger partial charge on any atom is 0.0860 e. The molecule has 128 valence electrons. The van der Waals surface area contributed by atoms with Gasteiger partial charge in [0, 0.05) is 11.1 Å². The van der Waals surface area contributed by atoms with Crippen molar-refractivity contribution < 1.29 is 0 Å². The molecule has 0 aliphatic heterocycles. The highest BCUT2D eigenvalue weighted by atomic mass is 15.1. The number of benzene rings is 2. The molecule has 2 aromatic rings. The maximum absolute atomic E-state index is 6.23. The van der Waals surface area contributed by atoms with Gasteiger partial charge < -0.3 is 11.5 Å². The lowest BCUT2D eigenvalue weighted by atomic mass is 9.91. The smallest absolute Gasteiger partial charge is 0.0860 e. The minimum atomic E-state index is -0.407. The molecule has 0 bridgehead atoms. The number of hydrogen-bond donors (Lipinski definition) is 2. The van der Waals surface area contributed by atoms with Crippen LogP contribution >= 0.6 is 0 Å². The number of hydrogen-bond acceptors (Lipinski definition) is 4. The molecule has 0 aliphatic carbocycles. The lowest BCUT2D eigenvalue weighted by molar-refractivity contribution is 0.550. The van der Waals surface area contributed by atoms with E-state index in [0.29, 0.717) is 0 Å². The van der Waals surface area contributed by atoms with Gasteiger partial charge in [0.25, 0.3) is 0 Å². The Hall–Kier alpha value is -2.04. The summed E-state index contributed by atoms with van der Waals surface area (Å²) in [4.78, 5) is 0. The third kappa shape index (κ3) is 4.28. The molecule has 0 aromatic heterocycles. The number of azo groups is 1. The summed E-state index contributed by atoms with van der Waals surface area (Å²) in [5.41, 5.74) is 17.7. The van der Waals surface area contributed by atoms with E-state index in [4.69, 9.17) is 11.5 Å². The summed E-state index contributed by atoms with van der Waals surface area (Å²) in [6.07, 6.45) is 0. The van der Waals surface area contributed by atoms with Crippen LogP contribution in [0.2, 0.25) is 0 Å². The van der Waals surface area contributed by atoms with Crippen molar-refractivity contribution in [2.45, 2.75) is 52.6 Å². The molecule has 0 saturated heterocycles. The lowest BCUT2D eigenvalue weighted by Crippen LogP contribution is -2.29. The second kappa shape index (κ2) is 6.46. The van der Waals surface area contributed by atoms with Crippen LogP contribution in [0.3, 0.4) is 0 Å². The van der Waals surface area contributed by atoms with Crippen LogP contribution in [0.15, 0.2) is 46.6 Å². The van der Waals surface area contributed by atoms with Gasteiger partial charge in [-0.25, -0.2) is 0 Å². The van der Waals surface area contributed by atoms with Crippen molar-refractivity contribution in [1.29, 1.82) is 0 Å². The Morgan fingerprint density at radius 1 is 0.667 bits per heavy atom. The van der Waals surface area contributed by atoms with E-state index in [2.05, 4.69) is 24.1 Å². The SMILES string of the molecule is Cc1ccc(N=Nc2ccc(C)c(C(C)(C)N)c2)cc1C(C)(C)N. The van der Waals surface area contributed by atoms with Gasteiger partial charge in [0.15, 0.2) is 0 Å². The first-order chi connectivity index (χ1) is 11.0. The Kier molecular flexibility index (Phi) is 4.92. The molecule has 0 unspecified atom stereocenters. The Morgan fingerprint density at radius 2 is 1.00 bits per heavy atom. The van der Waals surface area contributed by atoms with E-state index in [9.17, 15) is 0 Å². The van der Waals surface area contributed by atoms with E-state index in [-0.39, 0.29) is 0 Å². The molecule has 24 heavy (non-hydrogen) atoms. The second-order valence-corrected chi connectivity index (χ2v) is 7.64.